The zero-order valence-electron chi connectivity index (χ0n) is 18.4. The molecule has 0 bridgehead atoms. The molecule has 1 fully saturated rings. The van der Waals surface area contributed by atoms with Gasteiger partial charge in [0.25, 0.3) is 5.91 Å². The maximum atomic E-state index is 13.6. The van der Waals surface area contributed by atoms with Crippen LogP contribution in [0.5, 0.6) is 0 Å². The highest BCUT2D eigenvalue weighted by atomic mass is 16.5. The van der Waals surface area contributed by atoms with E-state index in [2.05, 4.69) is 42.2 Å². The zero-order valence-corrected chi connectivity index (χ0v) is 18.4. The first-order valence-corrected chi connectivity index (χ1v) is 11.1. The molecule has 0 radical (unpaired) electrons. The highest BCUT2D eigenvalue weighted by Crippen LogP contribution is 2.51. The minimum atomic E-state index is 0.148. The number of aryl methyl sites for hydroxylation is 1. The fourth-order valence-corrected chi connectivity index (χ4v) is 5.65. The fraction of sp³-hybridized carbons (Fsp3) is 0.370. The minimum absolute atomic E-state index is 0.148. The molecule has 0 spiro atoms. The van der Waals surface area contributed by atoms with Crippen LogP contribution in [0.15, 0.2) is 71.7 Å². The summed E-state index contributed by atoms with van der Waals surface area (Å²) in [6.07, 6.45) is 5.10. The highest BCUT2D eigenvalue weighted by Gasteiger charge is 2.46. The van der Waals surface area contributed by atoms with E-state index in [4.69, 9.17) is 9.47 Å². The number of rotatable bonds is 4. The lowest BCUT2D eigenvalue weighted by atomic mass is 9.65. The number of allylic oxidation sites excluding steroid dienone is 2. The van der Waals surface area contributed by atoms with Crippen LogP contribution in [-0.2, 0) is 16.0 Å². The van der Waals surface area contributed by atoms with Crippen LogP contribution in [0.1, 0.15) is 52.2 Å². The predicted octanol–water partition coefficient (Wildman–Crippen LogP) is 5.35. The van der Waals surface area contributed by atoms with E-state index in [0.29, 0.717) is 12.5 Å². The summed E-state index contributed by atoms with van der Waals surface area (Å²) in [5.41, 5.74) is 5.76. The van der Waals surface area contributed by atoms with Gasteiger partial charge in [-0.15, -0.1) is 0 Å². The summed E-state index contributed by atoms with van der Waals surface area (Å²) in [5.74, 6) is 2.51. The number of nitrogens with zero attached hydrogens (tertiary/aromatic N) is 1. The summed E-state index contributed by atoms with van der Waals surface area (Å²) < 4.78 is 11.3. The van der Waals surface area contributed by atoms with Crippen LogP contribution in [0.25, 0.3) is 0 Å². The van der Waals surface area contributed by atoms with Crippen molar-refractivity contribution in [3.8, 4) is 0 Å². The van der Waals surface area contributed by atoms with E-state index in [9.17, 15) is 4.79 Å². The predicted molar refractivity (Wildman–Crippen MR) is 120 cm³/mol. The molecule has 1 aliphatic heterocycles. The molecule has 3 aliphatic rings. The smallest absolute Gasteiger partial charge is 0.254 e. The largest absolute Gasteiger partial charge is 0.497 e. The third-order valence-electron chi connectivity index (χ3n) is 7.13. The average Bonchev–Trinajstić information content (AvgIpc) is 2.80. The summed E-state index contributed by atoms with van der Waals surface area (Å²) in [6.45, 7) is 2.75. The standard InChI is InChI=1S/C27H29NO3/c1-17-9-11-20-22(13-17)26-21-15-25(31-3)24(30-2)14-19(21)10-12-23(26)28(27(20)29)16-18-7-5-4-6-8-18/h4-9,11,13,15,19,23,26H,10,12,14,16H2,1-3H3. The Morgan fingerprint density at radius 3 is 2.58 bits per heavy atom. The Morgan fingerprint density at radius 2 is 1.84 bits per heavy atom. The first kappa shape index (κ1) is 19.9. The van der Waals surface area contributed by atoms with Crippen molar-refractivity contribution < 1.29 is 14.3 Å². The van der Waals surface area contributed by atoms with E-state index in [1.165, 1.54) is 22.3 Å². The van der Waals surface area contributed by atoms with Crippen LogP contribution < -0.4 is 0 Å². The lowest BCUT2D eigenvalue weighted by Gasteiger charge is -2.49. The van der Waals surface area contributed by atoms with Gasteiger partial charge in [0.05, 0.1) is 14.2 Å². The van der Waals surface area contributed by atoms with Crippen molar-refractivity contribution in [3.05, 3.63) is 94.0 Å². The van der Waals surface area contributed by atoms with Crippen LogP contribution in [-0.4, -0.2) is 31.1 Å². The lowest BCUT2D eigenvalue weighted by molar-refractivity contribution is 0.0545. The van der Waals surface area contributed by atoms with Gasteiger partial charge in [0.1, 0.15) is 5.76 Å². The van der Waals surface area contributed by atoms with Crippen molar-refractivity contribution in [3.63, 3.8) is 0 Å². The first-order chi connectivity index (χ1) is 15.1. The molecule has 3 atom stereocenters. The first-order valence-electron chi connectivity index (χ1n) is 11.1. The van der Waals surface area contributed by atoms with E-state index < -0.39 is 0 Å². The number of ether oxygens (including phenoxy) is 2. The molecule has 160 valence electrons. The van der Waals surface area contributed by atoms with Gasteiger partial charge in [-0.2, -0.15) is 0 Å². The lowest BCUT2D eigenvalue weighted by Crippen LogP contribution is -2.51. The van der Waals surface area contributed by atoms with Gasteiger partial charge in [-0.1, -0.05) is 53.6 Å². The summed E-state index contributed by atoms with van der Waals surface area (Å²) >= 11 is 0. The van der Waals surface area contributed by atoms with E-state index in [1.807, 2.05) is 24.3 Å². The maximum Gasteiger partial charge on any atom is 0.254 e. The van der Waals surface area contributed by atoms with Crippen LogP contribution in [0.4, 0.5) is 0 Å². The Morgan fingerprint density at radius 1 is 1.03 bits per heavy atom. The number of hydrogen-bond donors (Lipinski definition) is 0. The molecule has 1 saturated carbocycles. The van der Waals surface area contributed by atoms with Gasteiger partial charge < -0.3 is 14.4 Å². The van der Waals surface area contributed by atoms with Crippen molar-refractivity contribution in [1.29, 1.82) is 0 Å². The molecular formula is C27H29NO3. The topological polar surface area (TPSA) is 38.8 Å². The van der Waals surface area contributed by atoms with Gasteiger partial charge in [0.2, 0.25) is 0 Å². The number of fused-ring (bicyclic) bond motifs is 5. The van der Waals surface area contributed by atoms with E-state index in [1.54, 1.807) is 14.2 Å². The van der Waals surface area contributed by atoms with Crippen LogP contribution >= 0.6 is 0 Å². The molecule has 0 N–H and O–H groups in total. The Hall–Kier alpha value is -3.01. The van der Waals surface area contributed by atoms with E-state index >= 15 is 0 Å². The third-order valence-corrected chi connectivity index (χ3v) is 7.13. The molecule has 1 amide bonds. The van der Waals surface area contributed by atoms with Crippen molar-refractivity contribution in [2.75, 3.05) is 14.2 Å². The Kier molecular flexibility index (Phi) is 5.09. The average molecular weight is 416 g/mol. The fourth-order valence-electron chi connectivity index (χ4n) is 5.65. The van der Waals surface area contributed by atoms with Crippen molar-refractivity contribution in [2.24, 2.45) is 5.92 Å². The summed E-state index contributed by atoms with van der Waals surface area (Å²) in [5, 5.41) is 0. The van der Waals surface area contributed by atoms with Crippen LogP contribution in [0.3, 0.4) is 0 Å². The van der Waals surface area contributed by atoms with Crippen LogP contribution in [0.2, 0.25) is 0 Å². The van der Waals surface area contributed by atoms with Gasteiger partial charge in [-0.25, -0.2) is 0 Å². The normalized spacial score (nSPS) is 24.7. The summed E-state index contributed by atoms with van der Waals surface area (Å²) in [6, 6.07) is 16.8. The number of carbonyl (C=O) groups is 1. The molecule has 2 aliphatic carbocycles. The van der Waals surface area contributed by atoms with Crippen molar-refractivity contribution in [1.82, 2.24) is 4.90 Å². The molecule has 1 heterocycles. The zero-order chi connectivity index (χ0) is 21.5. The molecule has 0 aromatic heterocycles. The SMILES string of the molecule is COC1=C(OC)CC2CCC3C(C2=C1)c1cc(C)ccc1C(=O)N3Cc1ccccc1. The number of methoxy groups -OCH3 is 2. The van der Waals surface area contributed by atoms with Gasteiger partial charge in [0, 0.05) is 30.5 Å². The van der Waals surface area contributed by atoms with Crippen LogP contribution in [0, 0.1) is 12.8 Å². The summed E-state index contributed by atoms with van der Waals surface area (Å²) in [7, 11) is 3.43. The Bertz CT molecular complexity index is 1070. The second-order valence-corrected chi connectivity index (χ2v) is 8.87. The quantitative estimate of drug-likeness (QED) is 0.676. The maximum absolute atomic E-state index is 13.6. The number of amides is 1. The Labute approximate surface area is 184 Å². The molecule has 2 aromatic carbocycles. The van der Waals surface area contributed by atoms with Gasteiger partial charge in [0.15, 0.2) is 5.76 Å². The minimum Gasteiger partial charge on any atom is -0.497 e. The van der Waals surface area contributed by atoms with Gasteiger partial charge in [-0.3, -0.25) is 4.79 Å². The second-order valence-electron chi connectivity index (χ2n) is 8.87. The third kappa shape index (κ3) is 3.34. The molecule has 3 unspecified atom stereocenters. The molecule has 4 heteroatoms. The molecule has 4 nitrogen and oxygen atoms in total. The molecule has 5 rings (SSSR count). The molecular weight excluding hydrogens is 386 g/mol. The summed E-state index contributed by atoms with van der Waals surface area (Å²) in [4.78, 5) is 15.7. The number of carbonyl (C=O) groups excluding carboxylic acids is 1. The number of benzene rings is 2. The molecule has 31 heavy (non-hydrogen) atoms. The van der Waals surface area contributed by atoms with E-state index in [0.717, 1.165) is 36.3 Å². The van der Waals surface area contributed by atoms with Gasteiger partial charge in [-0.05, 0) is 49.0 Å². The Balaban J connectivity index is 1.63. The van der Waals surface area contributed by atoms with Crippen molar-refractivity contribution in [2.45, 2.75) is 44.7 Å². The molecule has 0 saturated heterocycles. The van der Waals surface area contributed by atoms with E-state index in [-0.39, 0.29) is 17.9 Å². The number of hydrogen-bond acceptors (Lipinski definition) is 3. The van der Waals surface area contributed by atoms with Gasteiger partial charge >= 0.3 is 0 Å². The second kappa shape index (κ2) is 7.92. The highest BCUT2D eigenvalue weighted by molar-refractivity contribution is 5.98. The molecule has 2 aromatic rings. The monoisotopic (exact) mass is 415 g/mol. The van der Waals surface area contributed by atoms with Crippen molar-refractivity contribution >= 4 is 5.91 Å².